The number of aryl methyl sites for hydroxylation is 1. The molecule has 2 aromatic heterocycles. The zero-order chi connectivity index (χ0) is 29.7. The fraction of sp³-hybridized carbons (Fsp3) is 0.286. The molecule has 2 unspecified atom stereocenters. The van der Waals surface area contributed by atoms with Crippen LogP contribution < -0.4 is 26.4 Å². The highest BCUT2D eigenvalue weighted by Crippen LogP contribution is 2.31. The van der Waals surface area contributed by atoms with Gasteiger partial charge in [0.25, 0.3) is 5.91 Å². The Morgan fingerprint density at radius 3 is 2.59 bits per heavy atom. The van der Waals surface area contributed by atoms with Gasteiger partial charge in [0.1, 0.15) is 6.04 Å². The topological polar surface area (TPSA) is 156 Å². The average molecular weight is 568 g/mol. The Balaban J connectivity index is 1.49. The van der Waals surface area contributed by atoms with Crippen LogP contribution in [0.1, 0.15) is 29.8 Å². The number of aliphatic hydroxyl groups is 1. The summed E-state index contributed by atoms with van der Waals surface area (Å²) >= 11 is 0. The molecule has 11 nitrogen and oxygen atoms in total. The second-order valence-electron chi connectivity index (χ2n) is 9.22. The number of ether oxygens (including phenoxy) is 1. The first-order valence-corrected chi connectivity index (χ1v) is 12.9. The molecule has 0 aliphatic rings. The molecule has 2 heterocycles. The number of rotatable bonds is 11. The molecule has 6 N–H and O–H groups in total. The molecular formula is C28H31F2N7O4. The number of halogens is 2. The largest absolute Gasteiger partial charge is 0.494 e. The molecule has 0 saturated heterocycles. The van der Waals surface area contributed by atoms with E-state index in [0.717, 1.165) is 5.56 Å². The van der Waals surface area contributed by atoms with Gasteiger partial charge in [-0.05, 0) is 49.2 Å². The number of imidazole rings is 1. The van der Waals surface area contributed by atoms with E-state index in [4.69, 9.17) is 10.5 Å². The van der Waals surface area contributed by atoms with Crippen molar-refractivity contribution in [2.45, 2.75) is 32.4 Å². The summed E-state index contributed by atoms with van der Waals surface area (Å²) < 4.78 is 35.6. The van der Waals surface area contributed by atoms with Gasteiger partial charge in [-0.25, -0.2) is 14.4 Å². The number of hydrogen-bond donors (Lipinski definition) is 5. The lowest BCUT2D eigenvalue weighted by Crippen LogP contribution is -2.48. The zero-order valence-corrected chi connectivity index (χ0v) is 22.7. The van der Waals surface area contributed by atoms with Crippen molar-refractivity contribution in [1.29, 1.82) is 0 Å². The van der Waals surface area contributed by atoms with Gasteiger partial charge in [-0.15, -0.1) is 0 Å². The Bertz CT molecular complexity index is 1570. The number of nitrogens with zero attached hydrogens (tertiary/aromatic N) is 3. The monoisotopic (exact) mass is 567 g/mol. The Kier molecular flexibility index (Phi) is 9.10. The highest BCUT2D eigenvalue weighted by molar-refractivity contribution is 5.96. The van der Waals surface area contributed by atoms with Crippen LogP contribution in [-0.2, 0) is 11.2 Å². The summed E-state index contributed by atoms with van der Waals surface area (Å²) in [7, 11) is 1.26. The van der Waals surface area contributed by atoms with Crippen LogP contribution in [0.25, 0.3) is 16.9 Å². The molecule has 216 valence electrons. The van der Waals surface area contributed by atoms with Crippen molar-refractivity contribution in [2.75, 3.05) is 25.5 Å². The smallest absolute Gasteiger partial charge is 0.251 e. The van der Waals surface area contributed by atoms with Gasteiger partial charge in [0.05, 0.1) is 25.1 Å². The number of fused-ring (bicyclic) bond motifs is 1. The van der Waals surface area contributed by atoms with Gasteiger partial charge in [-0.2, -0.15) is 4.39 Å². The van der Waals surface area contributed by atoms with Crippen LogP contribution in [0.5, 0.6) is 5.75 Å². The van der Waals surface area contributed by atoms with E-state index in [0.29, 0.717) is 34.8 Å². The fourth-order valence-corrected chi connectivity index (χ4v) is 4.21. The number of carbonyl (C=O) groups is 2. The summed E-state index contributed by atoms with van der Waals surface area (Å²) in [5.41, 5.74) is 8.19. The van der Waals surface area contributed by atoms with E-state index in [1.807, 2.05) is 13.0 Å². The highest BCUT2D eigenvalue weighted by Gasteiger charge is 2.20. The summed E-state index contributed by atoms with van der Waals surface area (Å²) in [5.74, 6) is -2.78. The number of aromatic nitrogens is 3. The Morgan fingerprint density at radius 1 is 1.12 bits per heavy atom. The number of methoxy groups -OCH3 is 1. The van der Waals surface area contributed by atoms with Crippen molar-refractivity contribution >= 4 is 29.0 Å². The molecule has 4 aromatic rings. The number of anilines is 2. The summed E-state index contributed by atoms with van der Waals surface area (Å²) in [6.45, 7) is 3.66. The van der Waals surface area contributed by atoms with E-state index in [-0.39, 0.29) is 30.3 Å². The average Bonchev–Trinajstić information content (AvgIpc) is 3.40. The number of carbonyl (C=O) groups excluding carboxylic acids is 2. The van der Waals surface area contributed by atoms with Crippen molar-refractivity contribution in [3.05, 3.63) is 71.7 Å². The van der Waals surface area contributed by atoms with Crippen LogP contribution >= 0.6 is 0 Å². The first kappa shape index (κ1) is 29.4. The van der Waals surface area contributed by atoms with Crippen molar-refractivity contribution in [1.82, 2.24) is 25.0 Å². The zero-order valence-electron chi connectivity index (χ0n) is 22.7. The van der Waals surface area contributed by atoms with E-state index in [2.05, 4.69) is 25.9 Å². The quantitative estimate of drug-likeness (QED) is 0.173. The van der Waals surface area contributed by atoms with Crippen LogP contribution in [-0.4, -0.2) is 63.6 Å². The molecular weight excluding hydrogens is 536 g/mol. The number of hydrogen-bond acceptors (Lipinski definition) is 8. The minimum absolute atomic E-state index is 0.0157. The number of aliphatic hydroxyl groups excluding tert-OH is 1. The molecule has 0 aliphatic carbocycles. The third kappa shape index (κ3) is 6.26. The maximum absolute atomic E-state index is 14.8. The van der Waals surface area contributed by atoms with Crippen LogP contribution in [0.15, 0.2) is 48.9 Å². The van der Waals surface area contributed by atoms with Crippen LogP contribution in [0.4, 0.5) is 20.3 Å². The molecule has 0 radical (unpaired) electrons. The summed E-state index contributed by atoms with van der Waals surface area (Å²) in [6.07, 6.45) is 4.11. The van der Waals surface area contributed by atoms with Gasteiger partial charge in [-0.1, -0.05) is 6.92 Å². The van der Waals surface area contributed by atoms with Gasteiger partial charge < -0.3 is 31.5 Å². The van der Waals surface area contributed by atoms with Crippen LogP contribution in [0.2, 0.25) is 0 Å². The summed E-state index contributed by atoms with van der Waals surface area (Å²) in [6, 6.07) is 6.92. The molecule has 41 heavy (non-hydrogen) atoms. The maximum atomic E-state index is 14.8. The molecule has 0 saturated carbocycles. The summed E-state index contributed by atoms with van der Waals surface area (Å²) in [4.78, 5) is 33.3. The van der Waals surface area contributed by atoms with Crippen molar-refractivity contribution in [2.24, 2.45) is 5.73 Å². The number of benzene rings is 2. The molecule has 0 aliphatic heterocycles. The molecule has 0 spiro atoms. The Hall–Kier alpha value is -4.62. The summed E-state index contributed by atoms with van der Waals surface area (Å²) in [5, 5.41) is 17.9. The van der Waals surface area contributed by atoms with Gasteiger partial charge in [0.2, 0.25) is 11.7 Å². The normalized spacial score (nSPS) is 12.6. The first-order chi connectivity index (χ1) is 19.7. The van der Waals surface area contributed by atoms with E-state index in [1.54, 1.807) is 22.7 Å². The third-order valence-electron chi connectivity index (χ3n) is 6.50. The number of nitrogens with two attached hydrogens (primary N) is 1. The lowest BCUT2D eigenvalue weighted by atomic mass is 10.0. The predicted octanol–water partition coefficient (Wildman–Crippen LogP) is 2.54. The van der Waals surface area contributed by atoms with E-state index in [1.165, 1.54) is 38.6 Å². The molecule has 0 fully saturated rings. The molecule has 2 atom stereocenters. The molecule has 4 rings (SSSR count). The predicted molar refractivity (Wildman–Crippen MR) is 149 cm³/mol. The van der Waals surface area contributed by atoms with E-state index in [9.17, 15) is 23.5 Å². The third-order valence-corrected chi connectivity index (χ3v) is 6.50. The van der Waals surface area contributed by atoms with E-state index >= 15 is 0 Å². The Labute approximate surface area is 234 Å². The molecule has 13 heteroatoms. The minimum atomic E-state index is -1.09. The maximum Gasteiger partial charge on any atom is 0.251 e. The van der Waals surface area contributed by atoms with Crippen molar-refractivity contribution in [3.8, 4) is 17.0 Å². The fourth-order valence-electron chi connectivity index (χ4n) is 4.21. The van der Waals surface area contributed by atoms with Gasteiger partial charge in [-0.3, -0.25) is 14.0 Å². The van der Waals surface area contributed by atoms with Gasteiger partial charge in [0, 0.05) is 42.3 Å². The van der Waals surface area contributed by atoms with E-state index < -0.39 is 29.7 Å². The second-order valence-corrected chi connectivity index (χ2v) is 9.22. The van der Waals surface area contributed by atoms with Crippen molar-refractivity contribution in [3.63, 3.8) is 0 Å². The number of nitrogens with one attached hydrogen (secondary N) is 3. The lowest BCUT2D eigenvalue weighted by Gasteiger charge is -2.15. The lowest BCUT2D eigenvalue weighted by molar-refractivity contribution is -0.124. The first-order valence-electron chi connectivity index (χ1n) is 12.9. The van der Waals surface area contributed by atoms with Gasteiger partial charge in [0.15, 0.2) is 23.0 Å². The molecule has 2 aromatic carbocycles. The molecule has 0 bridgehead atoms. The van der Waals surface area contributed by atoms with Crippen LogP contribution in [0.3, 0.4) is 0 Å². The Morgan fingerprint density at radius 2 is 1.88 bits per heavy atom. The SMILES string of the molecule is CCc1cc(Nc2nccn3c(-c4ccc(OC)c(F)c4F)cnc23)ccc1C(=O)NCCNC(=O)C(N)C(C)O. The van der Waals surface area contributed by atoms with Crippen LogP contribution in [0, 0.1) is 11.6 Å². The highest BCUT2D eigenvalue weighted by atomic mass is 19.2. The number of amides is 2. The standard InChI is InChI=1S/C28H31F2N7O4/c1-4-16-13-17(5-6-18(16)27(39)33-9-10-34-28(40)24(31)15(2)38)36-25-26-35-14-20(37(26)12-11-32-25)19-7-8-21(41-3)23(30)22(19)29/h5-8,11-15,24,38H,4,9-10,31H2,1-3H3,(H,32,36)(H,33,39)(H,34,40). The minimum Gasteiger partial charge on any atom is -0.494 e. The van der Waals surface area contributed by atoms with Gasteiger partial charge >= 0.3 is 0 Å². The second kappa shape index (κ2) is 12.7. The van der Waals surface area contributed by atoms with Crippen molar-refractivity contribution < 1.29 is 28.2 Å². The molecule has 2 amide bonds.